The molecule has 0 saturated carbocycles. The van der Waals surface area contributed by atoms with Crippen LogP contribution >= 0.6 is 11.3 Å². The Bertz CT molecular complexity index is 481. The van der Waals surface area contributed by atoms with Gasteiger partial charge >= 0.3 is 0 Å². The molecule has 0 radical (unpaired) electrons. The summed E-state index contributed by atoms with van der Waals surface area (Å²) in [4.78, 5) is 5.76. The van der Waals surface area contributed by atoms with Gasteiger partial charge in [0.05, 0.1) is 11.2 Å². The molecule has 0 amide bonds. The molecule has 2 aromatic heterocycles. The molecule has 0 aliphatic rings. The van der Waals surface area contributed by atoms with Crippen LogP contribution in [0.1, 0.15) is 49.2 Å². The van der Waals surface area contributed by atoms with Gasteiger partial charge in [-0.3, -0.25) is 5.10 Å². The smallest absolute Gasteiger partial charge is 0.0981 e. The van der Waals surface area contributed by atoms with Crippen molar-refractivity contribution < 1.29 is 0 Å². The topological polar surface area (TPSA) is 53.6 Å². The highest BCUT2D eigenvalue weighted by Gasteiger charge is 2.18. The van der Waals surface area contributed by atoms with Crippen molar-refractivity contribution in [2.75, 3.05) is 0 Å². The van der Waals surface area contributed by atoms with Crippen molar-refractivity contribution in [1.82, 2.24) is 20.5 Å². The third-order valence-corrected chi connectivity index (χ3v) is 4.22. The Hall–Kier alpha value is -1.20. The highest BCUT2D eigenvalue weighted by Crippen LogP contribution is 2.26. The molecule has 0 spiro atoms. The quantitative estimate of drug-likeness (QED) is 0.892. The van der Waals surface area contributed by atoms with Crippen LogP contribution in [0.25, 0.3) is 0 Å². The van der Waals surface area contributed by atoms with Crippen molar-refractivity contribution >= 4 is 11.3 Å². The lowest BCUT2D eigenvalue weighted by molar-refractivity contribution is 0.578. The Balaban J connectivity index is 1.93. The molecule has 0 fully saturated rings. The van der Waals surface area contributed by atoms with Gasteiger partial charge in [-0.05, 0) is 6.92 Å². The van der Waals surface area contributed by atoms with Gasteiger partial charge in [-0.15, -0.1) is 11.3 Å². The Morgan fingerprint density at radius 1 is 1.39 bits per heavy atom. The van der Waals surface area contributed by atoms with E-state index in [4.69, 9.17) is 0 Å². The van der Waals surface area contributed by atoms with Crippen LogP contribution in [0.5, 0.6) is 0 Å². The molecule has 0 aliphatic carbocycles. The first-order valence-electron chi connectivity index (χ1n) is 6.14. The zero-order chi connectivity index (χ0) is 13.2. The van der Waals surface area contributed by atoms with Crippen molar-refractivity contribution in [3.8, 4) is 0 Å². The lowest BCUT2D eigenvalue weighted by atomic mass is 9.98. The van der Waals surface area contributed by atoms with Gasteiger partial charge in [0.2, 0.25) is 0 Å². The van der Waals surface area contributed by atoms with Crippen molar-refractivity contribution in [2.24, 2.45) is 0 Å². The number of nitrogens with one attached hydrogen (secondary N) is 2. The fraction of sp³-hybridized carbons (Fsp3) is 0.538. The van der Waals surface area contributed by atoms with Crippen LogP contribution in [-0.2, 0) is 12.0 Å². The van der Waals surface area contributed by atoms with Gasteiger partial charge in [0.25, 0.3) is 0 Å². The highest BCUT2D eigenvalue weighted by molar-refractivity contribution is 7.11. The van der Waals surface area contributed by atoms with Gasteiger partial charge in [-0.1, -0.05) is 20.8 Å². The van der Waals surface area contributed by atoms with Crippen molar-refractivity contribution in [3.05, 3.63) is 34.0 Å². The second kappa shape index (κ2) is 5.20. The molecule has 2 heterocycles. The van der Waals surface area contributed by atoms with Gasteiger partial charge in [-0.2, -0.15) is 5.10 Å². The summed E-state index contributed by atoms with van der Waals surface area (Å²) in [6, 6.07) is 0.295. The number of nitrogens with zero attached hydrogens (tertiary/aromatic N) is 2. The van der Waals surface area contributed by atoms with Crippen LogP contribution in [0.4, 0.5) is 0 Å². The lowest BCUT2D eigenvalue weighted by Gasteiger charge is -2.13. The average molecular weight is 264 g/mol. The molecule has 1 unspecified atom stereocenters. The zero-order valence-corrected chi connectivity index (χ0v) is 12.1. The number of aromatic amines is 1. The molecule has 2 aromatic rings. The molecule has 0 saturated heterocycles. The summed E-state index contributed by atoms with van der Waals surface area (Å²) in [5.41, 5.74) is 1.31. The summed E-state index contributed by atoms with van der Waals surface area (Å²) in [6.45, 7) is 9.56. The minimum atomic E-state index is 0.138. The first-order chi connectivity index (χ1) is 8.47. The number of aromatic nitrogens is 3. The van der Waals surface area contributed by atoms with Gasteiger partial charge in [0.1, 0.15) is 0 Å². The fourth-order valence-corrected chi connectivity index (χ4v) is 2.53. The molecule has 0 aliphatic heterocycles. The summed E-state index contributed by atoms with van der Waals surface area (Å²) >= 11 is 1.78. The van der Waals surface area contributed by atoms with Crippen LogP contribution in [0.2, 0.25) is 0 Å². The highest BCUT2D eigenvalue weighted by atomic mass is 32.1. The first-order valence-corrected chi connectivity index (χ1v) is 6.95. The number of hydrogen-bond donors (Lipinski definition) is 2. The van der Waals surface area contributed by atoms with Gasteiger partial charge in [-0.25, -0.2) is 4.98 Å². The second-order valence-electron chi connectivity index (χ2n) is 5.52. The molecular formula is C13H20N4S. The van der Waals surface area contributed by atoms with E-state index in [1.165, 1.54) is 15.4 Å². The minimum Gasteiger partial charge on any atom is -0.305 e. The van der Waals surface area contributed by atoms with E-state index in [1.54, 1.807) is 11.3 Å². The van der Waals surface area contributed by atoms with E-state index in [1.807, 2.05) is 18.6 Å². The largest absolute Gasteiger partial charge is 0.305 e. The first kappa shape index (κ1) is 13.2. The summed E-state index contributed by atoms with van der Waals surface area (Å²) in [5.74, 6) is 0. The van der Waals surface area contributed by atoms with Crippen LogP contribution in [0.3, 0.4) is 0 Å². The molecule has 18 heavy (non-hydrogen) atoms. The van der Waals surface area contributed by atoms with Crippen molar-refractivity contribution in [1.29, 1.82) is 0 Å². The average Bonchev–Trinajstić information content (AvgIpc) is 2.96. The molecule has 2 rings (SSSR count). The van der Waals surface area contributed by atoms with E-state index in [2.05, 4.69) is 48.2 Å². The minimum absolute atomic E-state index is 0.138. The van der Waals surface area contributed by atoms with E-state index < -0.39 is 0 Å². The number of H-pyrrole nitrogens is 1. The van der Waals surface area contributed by atoms with E-state index in [-0.39, 0.29) is 5.41 Å². The number of hydrogen-bond acceptors (Lipinski definition) is 4. The van der Waals surface area contributed by atoms with Crippen LogP contribution < -0.4 is 5.32 Å². The van der Waals surface area contributed by atoms with Gasteiger partial charge in [0.15, 0.2) is 0 Å². The third kappa shape index (κ3) is 3.17. The van der Waals surface area contributed by atoms with Crippen LogP contribution in [0, 0.1) is 0 Å². The Morgan fingerprint density at radius 3 is 2.72 bits per heavy atom. The molecule has 4 nitrogen and oxygen atoms in total. The van der Waals surface area contributed by atoms with Crippen molar-refractivity contribution in [2.45, 2.75) is 45.7 Å². The maximum absolute atomic E-state index is 4.49. The second-order valence-corrected chi connectivity index (χ2v) is 6.63. The number of thiazole rings is 1. The molecule has 0 bridgehead atoms. The standard InChI is InChI=1S/C13H20N4S/c1-9(10-5-16-17-6-10)14-7-11-8-15-12(18-11)13(2,3)4/h5-6,8-9,14H,7H2,1-4H3,(H,16,17). The van der Waals surface area contributed by atoms with E-state index in [9.17, 15) is 0 Å². The van der Waals surface area contributed by atoms with Crippen LogP contribution in [0.15, 0.2) is 18.6 Å². The molecule has 1 atom stereocenters. The maximum atomic E-state index is 4.49. The van der Waals surface area contributed by atoms with E-state index in [0.29, 0.717) is 6.04 Å². The lowest BCUT2D eigenvalue weighted by Crippen LogP contribution is -2.16. The maximum Gasteiger partial charge on any atom is 0.0981 e. The fourth-order valence-electron chi connectivity index (χ4n) is 1.61. The molecule has 0 aromatic carbocycles. The summed E-state index contributed by atoms with van der Waals surface area (Å²) < 4.78 is 0. The molecular weight excluding hydrogens is 244 g/mol. The Kier molecular flexibility index (Phi) is 3.82. The molecule has 98 valence electrons. The summed E-state index contributed by atoms with van der Waals surface area (Å²) in [6.07, 6.45) is 5.75. The van der Waals surface area contributed by atoms with Crippen LogP contribution in [-0.4, -0.2) is 15.2 Å². The van der Waals surface area contributed by atoms with Gasteiger partial charge in [0, 0.05) is 40.8 Å². The normalized spacial score (nSPS) is 13.8. The Labute approximate surface area is 112 Å². The predicted molar refractivity (Wildman–Crippen MR) is 74.7 cm³/mol. The SMILES string of the molecule is CC(NCc1cnc(C(C)(C)C)s1)c1cn[nH]c1. The third-order valence-electron chi connectivity index (χ3n) is 2.80. The monoisotopic (exact) mass is 264 g/mol. The van der Waals surface area contributed by atoms with Crippen molar-refractivity contribution in [3.63, 3.8) is 0 Å². The molecule has 5 heteroatoms. The predicted octanol–water partition coefficient (Wildman–Crippen LogP) is 3.01. The Morgan fingerprint density at radius 2 is 2.17 bits per heavy atom. The molecule has 2 N–H and O–H groups in total. The van der Waals surface area contributed by atoms with Gasteiger partial charge < -0.3 is 5.32 Å². The van der Waals surface area contributed by atoms with E-state index >= 15 is 0 Å². The summed E-state index contributed by atoms with van der Waals surface area (Å²) in [7, 11) is 0. The summed E-state index contributed by atoms with van der Waals surface area (Å²) in [5, 5.41) is 11.5. The van der Waals surface area contributed by atoms with E-state index in [0.717, 1.165) is 6.54 Å². The number of rotatable bonds is 4. The zero-order valence-electron chi connectivity index (χ0n) is 11.3.